The standard InChI is InChI=1S/C11H6N2O2S/c14-13(15)10-6-5-9-11(12-10)7-3-1-2-4-8(7)16-9/h1-6H. The van der Waals surface area contributed by atoms with Gasteiger partial charge in [-0.1, -0.05) is 12.1 Å². The van der Waals surface area contributed by atoms with Gasteiger partial charge in [-0.25, -0.2) is 0 Å². The number of hydrogen-bond acceptors (Lipinski definition) is 4. The molecule has 0 aliphatic rings. The van der Waals surface area contributed by atoms with E-state index in [9.17, 15) is 10.1 Å². The molecule has 0 amide bonds. The minimum absolute atomic E-state index is 0.101. The van der Waals surface area contributed by atoms with E-state index in [-0.39, 0.29) is 5.82 Å². The molecule has 3 rings (SSSR count). The Bertz CT molecular complexity index is 705. The number of benzene rings is 1. The zero-order valence-corrected chi connectivity index (χ0v) is 8.90. The average molecular weight is 230 g/mol. The van der Waals surface area contributed by atoms with Crippen LogP contribution in [0.1, 0.15) is 0 Å². The number of aromatic nitrogens is 1. The summed E-state index contributed by atoms with van der Waals surface area (Å²) >= 11 is 1.60. The van der Waals surface area contributed by atoms with Crippen LogP contribution in [0.15, 0.2) is 36.4 Å². The molecule has 3 aromatic rings. The van der Waals surface area contributed by atoms with Crippen LogP contribution >= 0.6 is 11.3 Å². The summed E-state index contributed by atoms with van der Waals surface area (Å²) in [4.78, 5) is 14.3. The molecule has 78 valence electrons. The average Bonchev–Trinajstić information content (AvgIpc) is 2.66. The Kier molecular flexibility index (Phi) is 1.87. The van der Waals surface area contributed by atoms with Crippen molar-refractivity contribution in [3.8, 4) is 0 Å². The van der Waals surface area contributed by atoms with Gasteiger partial charge in [-0.3, -0.25) is 0 Å². The zero-order valence-electron chi connectivity index (χ0n) is 8.08. The number of pyridine rings is 1. The number of nitrogens with zero attached hydrogens (tertiary/aromatic N) is 2. The maximum Gasteiger partial charge on any atom is 0.364 e. The molecular formula is C11H6N2O2S. The summed E-state index contributed by atoms with van der Waals surface area (Å²) in [6.07, 6.45) is 0. The zero-order chi connectivity index (χ0) is 11.1. The van der Waals surface area contributed by atoms with E-state index in [1.165, 1.54) is 6.07 Å². The molecule has 2 aromatic heterocycles. The molecule has 5 heteroatoms. The first-order valence-corrected chi connectivity index (χ1v) is 5.50. The van der Waals surface area contributed by atoms with Crippen molar-refractivity contribution in [3.63, 3.8) is 0 Å². The first-order valence-electron chi connectivity index (χ1n) is 4.68. The molecule has 1 aromatic carbocycles. The van der Waals surface area contributed by atoms with Crippen molar-refractivity contribution in [1.82, 2.24) is 4.98 Å². The van der Waals surface area contributed by atoms with Gasteiger partial charge in [-0.15, -0.1) is 11.3 Å². The van der Waals surface area contributed by atoms with Crippen molar-refractivity contribution < 1.29 is 4.92 Å². The Labute approximate surface area is 94.3 Å². The lowest BCUT2D eigenvalue weighted by Crippen LogP contribution is -1.90. The van der Waals surface area contributed by atoms with Crippen molar-refractivity contribution in [1.29, 1.82) is 0 Å². The molecule has 0 saturated carbocycles. The van der Waals surface area contributed by atoms with Crippen molar-refractivity contribution in [3.05, 3.63) is 46.5 Å². The molecule has 0 bridgehead atoms. The third-order valence-corrected chi connectivity index (χ3v) is 3.52. The van der Waals surface area contributed by atoms with Gasteiger partial charge < -0.3 is 10.1 Å². The monoisotopic (exact) mass is 230 g/mol. The number of rotatable bonds is 1. The number of fused-ring (bicyclic) bond motifs is 3. The minimum Gasteiger partial charge on any atom is -0.358 e. The Balaban J connectivity index is 2.44. The molecule has 0 atom stereocenters. The molecule has 0 spiro atoms. The van der Waals surface area contributed by atoms with E-state index in [4.69, 9.17) is 0 Å². The minimum atomic E-state index is -0.466. The van der Waals surface area contributed by atoms with E-state index in [0.29, 0.717) is 0 Å². The second kappa shape index (κ2) is 3.24. The van der Waals surface area contributed by atoms with E-state index in [0.717, 1.165) is 20.3 Å². The first kappa shape index (κ1) is 9.23. The van der Waals surface area contributed by atoms with Crippen LogP contribution in [0.5, 0.6) is 0 Å². The second-order valence-corrected chi connectivity index (χ2v) is 4.46. The second-order valence-electron chi connectivity index (χ2n) is 3.37. The SMILES string of the molecule is O=[N+]([O-])c1ccc2sc3ccccc3c2n1. The normalized spacial score (nSPS) is 11.0. The summed E-state index contributed by atoms with van der Waals surface area (Å²) in [5.41, 5.74) is 0.717. The molecule has 2 heterocycles. The summed E-state index contributed by atoms with van der Waals surface area (Å²) in [5, 5.41) is 11.6. The van der Waals surface area contributed by atoms with Crippen LogP contribution in [-0.2, 0) is 0 Å². The van der Waals surface area contributed by atoms with Crippen molar-refractivity contribution in [2.24, 2.45) is 0 Å². The summed E-state index contributed by atoms with van der Waals surface area (Å²) in [6.45, 7) is 0. The van der Waals surface area contributed by atoms with Gasteiger partial charge in [0.05, 0.1) is 4.70 Å². The van der Waals surface area contributed by atoms with E-state index < -0.39 is 4.92 Å². The van der Waals surface area contributed by atoms with Crippen LogP contribution in [0.25, 0.3) is 20.3 Å². The lowest BCUT2D eigenvalue weighted by atomic mass is 10.2. The lowest BCUT2D eigenvalue weighted by Gasteiger charge is -1.90. The van der Waals surface area contributed by atoms with Gasteiger partial charge in [0.15, 0.2) is 0 Å². The van der Waals surface area contributed by atoms with Gasteiger partial charge in [0.2, 0.25) is 5.52 Å². The summed E-state index contributed by atoms with van der Waals surface area (Å²) < 4.78 is 2.08. The summed E-state index contributed by atoms with van der Waals surface area (Å²) in [7, 11) is 0. The topological polar surface area (TPSA) is 56.0 Å². The molecule has 0 unspecified atom stereocenters. The Morgan fingerprint density at radius 1 is 1.12 bits per heavy atom. The maximum atomic E-state index is 10.6. The van der Waals surface area contributed by atoms with Crippen LogP contribution in [0.4, 0.5) is 5.82 Å². The predicted molar refractivity (Wildman–Crippen MR) is 63.8 cm³/mol. The van der Waals surface area contributed by atoms with Crippen LogP contribution in [0, 0.1) is 10.1 Å². The van der Waals surface area contributed by atoms with Crippen molar-refractivity contribution in [2.45, 2.75) is 0 Å². The molecule has 0 aliphatic heterocycles. The highest BCUT2D eigenvalue weighted by Crippen LogP contribution is 2.33. The molecule has 0 aliphatic carbocycles. The third-order valence-electron chi connectivity index (χ3n) is 2.39. The Morgan fingerprint density at radius 3 is 2.75 bits per heavy atom. The highest BCUT2D eigenvalue weighted by molar-refractivity contribution is 7.25. The molecule has 0 fully saturated rings. The highest BCUT2D eigenvalue weighted by Gasteiger charge is 2.14. The van der Waals surface area contributed by atoms with Gasteiger partial charge in [-0.2, -0.15) is 0 Å². The van der Waals surface area contributed by atoms with Crippen LogP contribution < -0.4 is 0 Å². The fraction of sp³-hybridized carbons (Fsp3) is 0. The molecule has 0 radical (unpaired) electrons. The van der Waals surface area contributed by atoms with Crippen LogP contribution in [0.3, 0.4) is 0 Å². The molecule has 0 saturated heterocycles. The van der Waals surface area contributed by atoms with Crippen molar-refractivity contribution >= 4 is 37.5 Å². The van der Waals surface area contributed by atoms with Gasteiger partial charge in [-0.05, 0) is 28.1 Å². The lowest BCUT2D eigenvalue weighted by molar-refractivity contribution is -0.389. The van der Waals surface area contributed by atoms with Crippen molar-refractivity contribution in [2.75, 3.05) is 0 Å². The Hall–Kier alpha value is -2.01. The van der Waals surface area contributed by atoms with Crippen LogP contribution in [0.2, 0.25) is 0 Å². The number of hydrogen-bond donors (Lipinski definition) is 0. The van der Waals surface area contributed by atoms with Gasteiger partial charge in [0.25, 0.3) is 0 Å². The third kappa shape index (κ3) is 1.25. The van der Waals surface area contributed by atoms with E-state index in [1.54, 1.807) is 17.4 Å². The van der Waals surface area contributed by atoms with Gasteiger partial charge >= 0.3 is 5.82 Å². The quantitative estimate of drug-likeness (QED) is 0.475. The van der Waals surface area contributed by atoms with E-state index >= 15 is 0 Å². The van der Waals surface area contributed by atoms with Gasteiger partial charge in [0, 0.05) is 16.2 Å². The molecule has 0 N–H and O–H groups in total. The summed E-state index contributed by atoms with van der Waals surface area (Å²) in [5.74, 6) is -0.101. The Morgan fingerprint density at radius 2 is 1.94 bits per heavy atom. The predicted octanol–water partition coefficient (Wildman–Crippen LogP) is 3.36. The van der Waals surface area contributed by atoms with E-state index in [1.807, 2.05) is 24.3 Å². The fourth-order valence-corrected chi connectivity index (χ4v) is 2.73. The number of nitro groups is 1. The van der Waals surface area contributed by atoms with Gasteiger partial charge in [0.1, 0.15) is 0 Å². The molecule has 4 nitrogen and oxygen atoms in total. The molecular weight excluding hydrogens is 224 g/mol. The van der Waals surface area contributed by atoms with E-state index in [2.05, 4.69) is 4.98 Å². The largest absolute Gasteiger partial charge is 0.364 e. The molecule has 16 heavy (non-hydrogen) atoms. The first-order chi connectivity index (χ1) is 7.75. The fourth-order valence-electron chi connectivity index (χ4n) is 1.68. The summed E-state index contributed by atoms with van der Waals surface area (Å²) in [6, 6.07) is 11.0. The smallest absolute Gasteiger partial charge is 0.358 e. The highest BCUT2D eigenvalue weighted by atomic mass is 32.1. The van der Waals surface area contributed by atoms with Crippen LogP contribution in [-0.4, -0.2) is 9.91 Å². The number of thiophene rings is 1. The maximum absolute atomic E-state index is 10.6.